The van der Waals surface area contributed by atoms with E-state index in [9.17, 15) is 0 Å². The van der Waals surface area contributed by atoms with Crippen LogP contribution >= 0.6 is 0 Å². The van der Waals surface area contributed by atoms with Crippen molar-refractivity contribution in [2.75, 3.05) is 0 Å². The second-order valence-corrected chi connectivity index (χ2v) is 3.16. The Morgan fingerprint density at radius 2 is 1.79 bits per heavy atom. The van der Waals surface area contributed by atoms with Crippen LogP contribution in [0.5, 0.6) is 0 Å². The third-order valence-electron chi connectivity index (χ3n) is 1.56. The van der Waals surface area contributed by atoms with E-state index in [2.05, 4.69) is 0 Å². The molecule has 0 aliphatic carbocycles. The predicted octanol–water partition coefficient (Wildman–Crippen LogP) is 2.61. The van der Waals surface area contributed by atoms with Gasteiger partial charge in [-0.3, -0.25) is 0 Å². The fourth-order valence-electron chi connectivity index (χ4n) is 0.946. The molecule has 74 valence electrons. The van der Waals surface area contributed by atoms with Gasteiger partial charge in [0.25, 0.3) is 0 Å². The van der Waals surface area contributed by atoms with Crippen LogP contribution in [-0.4, -0.2) is 6.10 Å². The van der Waals surface area contributed by atoms with Crippen LogP contribution in [0.2, 0.25) is 0 Å². The molecular weight excluding hydrogens is 178 g/mol. The highest BCUT2D eigenvalue weighted by atomic mass is 17.2. The molecule has 0 saturated heterocycles. The molecule has 1 aromatic rings. The number of benzene rings is 1. The Morgan fingerprint density at radius 1 is 1.14 bits per heavy atom. The second-order valence-electron chi connectivity index (χ2n) is 3.16. The lowest BCUT2D eigenvalue weighted by atomic mass is 10.1. The maximum absolute atomic E-state index is 8.84. The average Bonchev–Trinajstić information content (AvgIpc) is 2.20. The molecule has 0 aliphatic rings. The van der Waals surface area contributed by atoms with Crippen LogP contribution < -0.4 is 0 Å². The zero-order valence-electron chi connectivity index (χ0n) is 8.31. The van der Waals surface area contributed by atoms with Gasteiger partial charge in [0.2, 0.25) is 6.10 Å². The second kappa shape index (κ2) is 5.38. The maximum Gasteiger partial charge on any atom is 0.204 e. The van der Waals surface area contributed by atoms with Gasteiger partial charge in [-0.2, -0.15) is 5.26 Å². The molecule has 0 radical (unpaired) electrons. The van der Waals surface area contributed by atoms with E-state index in [-0.39, 0.29) is 6.10 Å². The van der Waals surface area contributed by atoms with Gasteiger partial charge in [-0.1, -0.05) is 30.3 Å². The Kier molecular flexibility index (Phi) is 4.11. The molecule has 0 spiro atoms. The predicted molar refractivity (Wildman–Crippen MR) is 52.1 cm³/mol. The van der Waals surface area contributed by atoms with Gasteiger partial charge in [-0.25, -0.2) is 9.78 Å². The molecule has 0 fully saturated rings. The molecule has 0 amide bonds. The largest absolute Gasteiger partial charge is 0.232 e. The molecule has 1 aromatic carbocycles. The van der Waals surface area contributed by atoms with E-state index in [1.807, 2.05) is 50.2 Å². The smallest absolute Gasteiger partial charge is 0.204 e. The molecule has 0 bridgehead atoms. The molecule has 1 atom stereocenters. The molecule has 3 nitrogen and oxygen atoms in total. The Balaban J connectivity index is 2.60. The van der Waals surface area contributed by atoms with Crippen molar-refractivity contribution in [3.05, 3.63) is 35.9 Å². The first-order valence-electron chi connectivity index (χ1n) is 4.50. The van der Waals surface area contributed by atoms with Crippen LogP contribution in [0.1, 0.15) is 25.5 Å². The Morgan fingerprint density at radius 3 is 2.29 bits per heavy atom. The summed E-state index contributed by atoms with van der Waals surface area (Å²) >= 11 is 0. The van der Waals surface area contributed by atoms with E-state index in [0.29, 0.717) is 0 Å². The molecular formula is C11H13NO2. The standard InChI is InChI=1S/C11H13NO2/c1-9(2)13-14-11(8-12)10-6-4-3-5-7-10/h3-7,9,11H,1-2H3. The molecule has 1 unspecified atom stereocenters. The van der Waals surface area contributed by atoms with E-state index in [1.54, 1.807) is 0 Å². The summed E-state index contributed by atoms with van der Waals surface area (Å²) in [4.78, 5) is 9.90. The Hall–Kier alpha value is -1.37. The molecule has 0 saturated carbocycles. The summed E-state index contributed by atoms with van der Waals surface area (Å²) in [6, 6.07) is 11.3. The molecule has 14 heavy (non-hydrogen) atoms. The van der Waals surface area contributed by atoms with Crippen molar-refractivity contribution in [1.29, 1.82) is 5.26 Å². The topological polar surface area (TPSA) is 42.2 Å². The molecule has 3 heteroatoms. The summed E-state index contributed by atoms with van der Waals surface area (Å²) in [6.45, 7) is 3.69. The van der Waals surface area contributed by atoms with E-state index in [4.69, 9.17) is 15.0 Å². The first-order chi connectivity index (χ1) is 6.74. The van der Waals surface area contributed by atoms with Gasteiger partial charge in [-0.15, -0.1) is 0 Å². The van der Waals surface area contributed by atoms with Gasteiger partial charge in [-0.05, 0) is 19.4 Å². The van der Waals surface area contributed by atoms with Gasteiger partial charge in [0.1, 0.15) is 6.07 Å². The monoisotopic (exact) mass is 191 g/mol. The fraction of sp³-hybridized carbons (Fsp3) is 0.364. The van der Waals surface area contributed by atoms with Gasteiger partial charge in [0.05, 0.1) is 6.10 Å². The van der Waals surface area contributed by atoms with Crippen LogP contribution in [0.25, 0.3) is 0 Å². The van der Waals surface area contributed by atoms with Crippen molar-refractivity contribution >= 4 is 0 Å². The number of nitrogens with zero attached hydrogens (tertiary/aromatic N) is 1. The lowest BCUT2D eigenvalue weighted by Gasteiger charge is -2.11. The SMILES string of the molecule is CC(C)OOC(C#N)c1ccccc1. The van der Waals surface area contributed by atoms with E-state index in [0.717, 1.165) is 5.56 Å². The van der Waals surface area contributed by atoms with Crippen molar-refractivity contribution in [3.8, 4) is 6.07 Å². The van der Waals surface area contributed by atoms with Gasteiger partial charge in [0.15, 0.2) is 0 Å². The zero-order valence-corrected chi connectivity index (χ0v) is 8.31. The van der Waals surface area contributed by atoms with Crippen molar-refractivity contribution in [3.63, 3.8) is 0 Å². The van der Waals surface area contributed by atoms with Gasteiger partial charge < -0.3 is 0 Å². The summed E-state index contributed by atoms with van der Waals surface area (Å²) in [5.41, 5.74) is 0.802. The third kappa shape index (κ3) is 3.17. The van der Waals surface area contributed by atoms with Crippen molar-refractivity contribution in [2.45, 2.75) is 26.1 Å². The molecule has 0 N–H and O–H groups in total. The Labute approximate surface area is 83.8 Å². The Bertz CT molecular complexity index is 303. The van der Waals surface area contributed by atoms with Gasteiger partial charge in [0, 0.05) is 0 Å². The summed E-state index contributed by atoms with van der Waals surface area (Å²) < 4.78 is 0. The molecule has 0 aliphatic heterocycles. The molecule has 0 aromatic heterocycles. The lowest BCUT2D eigenvalue weighted by Crippen LogP contribution is -2.08. The van der Waals surface area contributed by atoms with E-state index in [1.165, 1.54) is 0 Å². The first-order valence-corrected chi connectivity index (χ1v) is 4.50. The molecule has 1 rings (SSSR count). The minimum atomic E-state index is -0.654. The first kappa shape index (κ1) is 10.7. The minimum absolute atomic E-state index is 0.0467. The summed E-state index contributed by atoms with van der Waals surface area (Å²) in [6.07, 6.45) is -0.701. The average molecular weight is 191 g/mol. The molecule has 0 heterocycles. The normalized spacial score (nSPS) is 12.4. The summed E-state index contributed by atoms with van der Waals surface area (Å²) in [5, 5.41) is 8.84. The van der Waals surface area contributed by atoms with Crippen LogP contribution in [0.15, 0.2) is 30.3 Å². The highest BCUT2D eigenvalue weighted by Gasteiger charge is 2.11. The van der Waals surface area contributed by atoms with Crippen molar-refractivity contribution in [2.24, 2.45) is 0 Å². The van der Waals surface area contributed by atoms with Crippen LogP contribution in [0, 0.1) is 11.3 Å². The zero-order chi connectivity index (χ0) is 10.4. The van der Waals surface area contributed by atoms with Crippen LogP contribution in [-0.2, 0) is 9.78 Å². The third-order valence-corrected chi connectivity index (χ3v) is 1.56. The maximum atomic E-state index is 8.84. The van der Waals surface area contributed by atoms with Crippen LogP contribution in [0.3, 0.4) is 0 Å². The van der Waals surface area contributed by atoms with E-state index >= 15 is 0 Å². The summed E-state index contributed by atoms with van der Waals surface area (Å²) in [7, 11) is 0. The highest BCUT2D eigenvalue weighted by molar-refractivity contribution is 5.21. The summed E-state index contributed by atoms with van der Waals surface area (Å²) in [5.74, 6) is 0. The number of nitriles is 1. The number of rotatable bonds is 4. The number of hydrogen-bond acceptors (Lipinski definition) is 3. The highest BCUT2D eigenvalue weighted by Crippen LogP contribution is 2.16. The lowest BCUT2D eigenvalue weighted by molar-refractivity contribution is -0.336. The van der Waals surface area contributed by atoms with Gasteiger partial charge >= 0.3 is 0 Å². The van der Waals surface area contributed by atoms with E-state index < -0.39 is 6.10 Å². The fourth-order valence-corrected chi connectivity index (χ4v) is 0.946. The van der Waals surface area contributed by atoms with Crippen LogP contribution in [0.4, 0.5) is 0 Å². The number of hydrogen-bond donors (Lipinski definition) is 0. The van der Waals surface area contributed by atoms with Crippen molar-refractivity contribution in [1.82, 2.24) is 0 Å². The van der Waals surface area contributed by atoms with Crippen molar-refractivity contribution < 1.29 is 9.78 Å². The minimum Gasteiger partial charge on any atom is -0.232 e. The quantitative estimate of drug-likeness (QED) is 0.542.